The maximum absolute atomic E-state index is 6.44. The summed E-state index contributed by atoms with van der Waals surface area (Å²) in [5.41, 5.74) is 2.68. The van der Waals surface area contributed by atoms with Gasteiger partial charge >= 0.3 is 0 Å². The highest BCUT2D eigenvalue weighted by atomic mass is 35.5. The van der Waals surface area contributed by atoms with Crippen molar-refractivity contribution in [2.24, 2.45) is 5.92 Å². The number of rotatable bonds is 6. The van der Waals surface area contributed by atoms with Crippen LogP contribution < -0.4 is 9.64 Å². The third kappa shape index (κ3) is 4.48. The third-order valence-corrected chi connectivity index (χ3v) is 6.54. The van der Waals surface area contributed by atoms with Gasteiger partial charge in [0.25, 0.3) is 0 Å². The molecular formula is C22H23Cl3N4O. The van der Waals surface area contributed by atoms with Crippen molar-refractivity contribution in [1.82, 2.24) is 15.0 Å². The molecule has 5 rings (SSSR count). The summed E-state index contributed by atoms with van der Waals surface area (Å²) in [6.45, 7) is 1.95. The van der Waals surface area contributed by atoms with Gasteiger partial charge < -0.3 is 14.6 Å². The second-order valence-electron chi connectivity index (χ2n) is 8.25. The van der Waals surface area contributed by atoms with Crippen molar-refractivity contribution in [2.45, 2.75) is 44.6 Å². The van der Waals surface area contributed by atoms with Gasteiger partial charge in [-0.1, -0.05) is 34.8 Å². The number of halogens is 3. The Hall–Kier alpha value is -1.69. The van der Waals surface area contributed by atoms with Crippen molar-refractivity contribution in [3.05, 3.63) is 45.0 Å². The molecule has 1 saturated carbocycles. The lowest BCUT2D eigenvalue weighted by molar-refractivity contribution is 0.298. The molecule has 158 valence electrons. The standard InChI is InChI=1S/C22H23Cl3N4O/c23-15-10-14(20(17(24)11-15)30-16-5-6-16)4-3-13-2-1-9-29(12-13)22-26-18-7-8-19(25)27-21(18)28-22/h7-8,10-11,13,16H,1-6,9,12H2,(H,26,27,28)/t13-/m1/s1. The topological polar surface area (TPSA) is 54.0 Å². The van der Waals surface area contributed by atoms with E-state index in [2.05, 4.69) is 19.9 Å². The quantitative estimate of drug-likeness (QED) is 0.433. The molecule has 2 aliphatic rings. The van der Waals surface area contributed by atoms with Crippen LogP contribution in [0.5, 0.6) is 5.75 Å². The smallest absolute Gasteiger partial charge is 0.205 e. The number of H-pyrrole nitrogens is 1. The Morgan fingerprint density at radius 2 is 1.97 bits per heavy atom. The molecule has 3 heterocycles. The Morgan fingerprint density at radius 3 is 2.80 bits per heavy atom. The van der Waals surface area contributed by atoms with Crippen molar-refractivity contribution in [1.29, 1.82) is 0 Å². The number of hydrogen-bond donors (Lipinski definition) is 1. The number of nitrogens with zero attached hydrogens (tertiary/aromatic N) is 3. The van der Waals surface area contributed by atoms with Crippen LogP contribution >= 0.6 is 34.8 Å². The van der Waals surface area contributed by atoms with Crippen LogP contribution in [-0.2, 0) is 6.42 Å². The Balaban J connectivity index is 1.28. The summed E-state index contributed by atoms with van der Waals surface area (Å²) in [5, 5.41) is 1.74. The Kier molecular flexibility index (Phi) is 5.69. The second kappa shape index (κ2) is 8.45. The normalized spacial score (nSPS) is 19.4. The summed E-state index contributed by atoms with van der Waals surface area (Å²) >= 11 is 18.7. The number of pyridine rings is 1. The number of fused-ring (bicyclic) bond motifs is 1. The van der Waals surface area contributed by atoms with Crippen molar-refractivity contribution in [2.75, 3.05) is 18.0 Å². The molecule has 1 aliphatic carbocycles. The first-order valence-electron chi connectivity index (χ1n) is 10.5. The van der Waals surface area contributed by atoms with Crippen LogP contribution in [0.15, 0.2) is 24.3 Å². The van der Waals surface area contributed by atoms with Gasteiger partial charge in [-0.05, 0) is 74.3 Å². The predicted octanol–water partition coefficient (Wildman–Crippen LogP) is 6.31. The number of aromatic nitrogens is 3. The summed E-state index contributed by atoms with van der Waals surface area (Å²) in [5.74, 6) is 2.25. The lowest BCUT2D eigenvalue weighted by Gasteiger charge is -2.32. The lowest BCUT2D eigenvalue weighted by atomic mass is 9.91. The molecule has 3 aromatic rings. The molecule has 0 spiro atoms. The molecule has 8 heteroatoms. The summed E-state index contributed by atoms with van der Waals surface area (Å²) in [7, 11) is 0. The van der Waals surface area contributed by atoms with Gasteiger partial charge in [0, 0.05) is 18.1 Å². The van der Waals surface area contributed by atoms with Gasteiger partial charge in [0.05, 0.1) is 16.6 Å². The molecule has 2 aromatic heterocycles. The average Bonchev–Trinajstić information content (AvgIpc) is 3.45. The number of hydrogen-bond acceptors (Lipinski definition) is 4. The fraction of sp³-hybridized carbons (Fsp3) is 0.455. The number of aryl methyl sites for hydroxylation is 1. The first kappa shape index (κ1) is 20.2. The van der Waals surface area contributed by atoms with Gasteiger partial charge in [-0.15, -0.1) is 0 Å². The number of aromatic amines is 1. The van der Waals surface area contributed by atoms with Crippen LogP contribution in [-0.4, -0.2) is 34.1 Å². The predicted molar refractivity (Wildman–Crippen MR) is 122 cm³/mol. The maximum Gasteiger partial charge on any atom is 0.205 e. The molecule has 1 aliphatic heterocycles. The minimum absolute atomic E-state index is 0.308. The fourth-order valence-corrected chi connectivity index (χ4v) is 4.87. The number of nitrogens with one attached hydrogen (secondary N) is 1. The van der Waals surface area contributed by atoms with E-state index in [0.29, 0.717) is 32.9 Å². The molecule has 1 saturated heterocycles. The third-order valence-electron chi connectivity index (χ3n) is 5.83. The Bertz CT molecular complexity index is 1070. The monoisotopic (exact) mass is 464 g/mol. The molecular weight excluding hydrogens is 443 g/mol. The van der Waals surface area contributed by atoms with Gasteiger partial charge in [-0.2, -0.15) is 4.98 Å². The SMILES string of the molecule is Clc1cc(Cl)c(OC2CC2)c(CC[C@H]2CCCN(c3nc4nc(Cl)ccc4[nH]3)C2)c1. The Morgan fingerprint density at radius 1 is 1.10 bits per heavy atom. The minimum Gasteiger partial charge on any atom is -0.489 e. The van der Waals surface area contributed by atoms with Gasteiger partial charge in [0.15, 0.2) is 5.65 Å². The zero-order valence-electron chi connectivity index (χ0n) is 16.5. The van der Waals surface area contributed by atoms with E-state index in [1.807, 2.05) is 12.1 Å². The van der Waals surface area contributed by atoms with Crippen molar-refractivity contribution in [3.8, 4) is 5.75 Å². The van der Waals surface area contributed by atoms with E-state index in [0.717, 1.165) is 68.0 Å². The van der Waals surface area contributed by atoms with Crippen LogP contribution in [0.2, 0.25) is 15.2 Å². The van der Waals surface area contributed by atoms with Crippen molar-refractivity contribution < 1.29 is 4.74 Å². The average molecular weight is 466 g/mol. The second-order valence-corrected chi connectivity index (χ2v) is 9.48. The Labute approximate surface area is 190 Å². The van der Waals surface area contributed by atoms with Crippen LogP contribution in [0.4, 0.5) is 5.95 Å². The summed E-state index contributed by atoms with van der Waals surface area (Å²) in [4.78, 5) is 14.6. The van der Waals surface area contributed by atoms with Gasteiger partial charge in [0.2, 0.25) is 5.95 Å². The molecule has 2 fully saturated rings. The zero-order chi connectivity index (χ0) is 20.7. The van der Waals surface area contributed by atoms with Gasteiger partial charge in [0.1, 0.15) is 10.9 Å². The number of benzene rings is 1. The first-order valence-corrected chi connectivity index (χ1v) is 11.6. The van der Waals surface area contributed by atoms with E-state index in [-0.39, 0.29) is 0 Å². The molecule has 1 aromatic carbocycles. The highest BCUT2D eigenvalue weighted by Crippen LogP contribution is 2.38. The van der Waals surface area contributed by atoms with Crippen molar-refractivity contribution in [3.63, 3.8) is 0 Å². The molecule has 0 bridgehead atoms. The highest BCUT2D eigenvalue weighted by molar-refractivity contribution is 6.35. The zero-order valence-corrected chi connectivity index (χ0v) is 18.8. The van der Waals surface area contributed by atoms with E-state index >= 15 is 0 Å². The molecule has 0 amide bonds. The molecule has 30 heavy (non-hydrogen) atoms. The van der Waals surface area contributed by atoms with Crippen LogP contribution in [0.3, 0.4) is 0 Å². The summed E-state index contributed by atoms with van der Waals surface area (Å²) < 4.78 is 6.08. The lowest BCUT2D eigenvalue weighted by Crippen LogP contribution is -2.36. The largest absolute Gasteiger partial charge is 0.489 e. The molecule has 0 unspecified atom stereocenters. The molecule has 0 radical (unpaired) electrons. The van der Waals surface area contributed by atoms with Gasteiger partial charge in [-0.25, -0.2) is 4.98 Å². The van der Waals surface area contributed by atoms with Crippen molar-refractivity contribution >= 4 is 51.9 Å². The van der Waals surface area contributed by atoms with Crippen LogP contribution in [0.1, 0.15) is 37.7 Å². The molecule has 1 N–H and O–H groups in total. The first-order chi connectivity index (χ1) is 14.5. The number of ether oxygens (including phenoxy) is 1. The van der Waals surface area contributed by atoms with Gasteiger partial charge in [-0.3, -0.25) is 0 Å². The van der Waals surface area contributed by atoms with E-state index in [1.165, 1.54) is 6.42 Å². The summed E-state index contributed by atoms with van der Waals surface area (Å²) in [6, 6.07) is 7.48. The van der Waals surface area contributed by atoms with Crippen LogP contribution in [0.25, 0.3) is 11.2 Å². The highest BCUT2D eigenvalue weighted by Gasteiger charge is 2.27. The fourth-order valence-electron chi connectivity index (χ4n) is 4.14. The number of piperidine rings is 1. The maximum atomic E-state index is 6.44. The van der Waals surface area contributed by atoms with E-state index < -0.39 is 0 Å². The van der Waals surface area contributed by atoms with E-state index in [1.54, 1.807) is 12.1 Å². The minimum atomic E-state index is 0.308. The number of anilines is 1. The number of imidazole rings is 1. The van der Waals surface area contributed by atoms with Crippen LogP contribution in [0, 0.1) is 5.92 Å². The van der Waals surface area contributed by atoms with E-state index in [9.17, 15) is 0 Å². The molecule has 1 atom stereocenters. The molecule has 5 nitrogen and oxygen atoms in total. The summed E-state index contributed by atoms with van der Waals surface area (Å²) in [6.07, 6.45) is 6.81. The van der Waals surface area contributed by atoms with E-state index in [4.69, 9.17) is 39.5 Å².